The molecule has 0 aromatic heterocycles. The molecule has 1 saturated carbocycles. The fraction of sp³-hybridized carbons (Fsp3) is 0.500. The zero-order chi connectivity index (χ0) is 18.3. The van der Waals surface area contributed by atoms with E-state index >= 15 is 0 Å². The summed E-state index contributed by atoms with van der Waals surface area (Å²) in [6, 6.07) is 21.5. The first-order valence-electron chi connectivity index (χ1n) is 10.5. The Morgan fingerprint density at radius 3 is 1.85 bits per heavy atom. The Morgan fingerprint density at radius 2 is 1.35 bits per heavy atom. The molecule has 2 heteroatoms. The van der Waals surface area contributed by atoms with Crippen molar-refractivity contribution in [2.45, 2.75) is 58.0 Å². The maximum absolute atomic E-state index is 13.1. The molecule has 1 aliphatic heterocycles. The number of benzene rings is 2. The van der Waals surface area contributed by atoms with Crippen molar-refractivity contribution in [2.75, 3.05) is 6.16 Å². The second-order valence-electron chi connectivity index (χ2n) is 8.68. The first-order valence-corrected chi connectivity index (χ1v) is 12.9. The van der Waals surface area contributed by atoms with Crippen molar-refractivity contribution >= 4 is 17.4 Å². The zero-order valence-electron chi connectivity index (χ0n) is 16.3. The van der Waals surface area contributed by atoms with Crippen molar-refractivity contribution in [1.29, 1.82) is 0 Å². The van der Waals surface area contributed by atoms with E-state index in [1.165, 1.54) is 49.1 Å². The van der Waals surface area contributed by atoms with E-state index in [1.54, 1.807) is 0 Å². The average Bonchev–Trinajstić information content (AvgIpc) is 2.98. The molecule has 2 aromatic carbocycles. The Morgan fingerprint density at radius 1 is 0.846 bits per heavy atom. The number of fused-ring (bicyclic) bond motifs is 1. The second-order valence-corrected chi connectivity index (χ2v) is 13.3. The van der Waals surface area contributed by atoms with Crippen LogP contribution in [0.5, 0.6) is 0 Å². The van der Waals surface area contributed by atoms with Crippen LogP contribution in [-0.2, 0) is 0 Å². The predicted octanol–water partition coefficient (Wildman–Crippen LogP) is 5.48. The van der Waals surface area contributed by atoms with E-state index in [2.05, 4.69) is 74.5 Å². The third kappa shape index (κ3) is 2.30. The average molecular weight is 369 g/mol. The van der Waals surface area contributed by atoms with E-state index in [0.29, 0.717) is 11.6 Å². The zero-order valence-corrected chi connectivity index (χ0v) is 17.2. The summed E-state index contributed by atoms with van der Waals surface area (Å²) in [5.74, 6) is 0.661. The maximum atomic E-state index is 13.1. The van der Waals surface area contributed by atoms with Gasteiger partial charge < -0.3 is 0 Å². The molecule has 1 nitrogen and oxygen atoms in total. The van der Waals surface area contributed by atoms with Crippen molar-refractivity contribution < 1.29 is 4.89 Å². The number of rotatable bonds is 4. The van der Waals surface area contributed by atoms with Gasteiger partial charge in [-0.25, -0.2) is 0 Å². The predicted molar refractivity (Wildman–Crippen MR) is 115 cm³/mol. The molecule has 1 aliphatic carbocycles. The number of hydrogen-bond acceptors (Lipinski definition) is 1. The molecule has 2 aromatic rings. The molecule has 1 saturated heterocycles. The summed E-state index contributed by atoms with van der Waals surface area (Å²) in [5, 5.41) is 2.45. The standard InChI is InChI=1S/C24H33OP/c1-3-24(4-2)19-26(25,20-13-7-5-8-14-20,21-15-9-6-10-16-21)23-18-12-11-17-22(23)24/h5-10,13-16,22-23,25H,3-4,11-12,17-19H2,1-2H3. The van der Waals surface area contributed by atoms with Gasteiger partial charge in [0.2, 0.25) is 0 Å². The summed E-state index contributed by atoms with van der Waals surface area (Å²) < 4.78 is 0. The van der Waals surface area contributed by atoms with Gasteiger partial charge in [0.05, 0.1) is 0 Å². The Balaban J connectivity index is 2.03. The molecular formula is C24H33OP. The summed E-state index contributed by atoms with van der Waals surface area (Å²) >= 11 is 0. The van der Waals surface area contributed by atoms with Crippen molar-refractivity contribution in [3.8, 4) is 0 Å². The molecule has 2 fully saturated rings. The Bertz CT molecular complexity index is 711. The van der Waals surface area contributed by atoms with Gasteiger partial charge in [0.15, 0.2) is 0 Å². The summed E-state index contributed by atoms with van der Waals surface area (Å²) in [5.41, 5.74) is 0.711. The van der Waals surface area contributed by atoms with Crippen LogP contribution in [0.3, 0.4) is 0 Å². The van der Waals surface area contributed by atoms with Crippen molar-refractivity contribution in [3.05, 3.63) is 60.7 Å². The van der Waals surface area contributed by atoms with Gasteiger partial charge in [-0.1, -0.05) is 0 Å². The van der Waals surface area contributed by atoms with E-state index < -0.39 is 6.83 Å². The molecule has 140 valence electrons. The minimum atomic E-state index is -3.24. The summed E-state index contributed by atoms with van der Waals surface area (Å²) in [4.78, 5) is 13.1. The van der Waals surface area contributed by atoms with Crippen LogP contribution >= 0.6 is 6.83 Å². The molecule has 26 heavy (non-hydrogen) atoms. The van der Waals surface area contributed by atoms with E-state index in [0.717, 1.165) is 6.16 Å². The minimum absolute atomic E-state index is 0.281. The summed E-state index contributed by atoms with van der Waals surface area (Å²) in [6.45, 7) is 1.48. The molecule has 0 spiro atoms. The van der Waals surface area contributed by atoms with Gasteiger partial charge in [0, 0.05) is 0 Å². The van der Waals surface area contributed by atoms with Gasteiger partial charge in [-0.05, 0) is 0 Å². The molecule has 0 amide bonds. The molecule has 2 unspecified atom stereocenters. The third-order valence-electron chi connectivity index (χ3n) is 7.94. The van der Waals surface area contributed by atoms with Crippen molar-refractivity contribution in [1.82, 2.24) is 0 Å². The molecule has 4 rings (SSSR count). The van der Waals surface area contributed by atoms with Crippen molar-refractivity contribution in [2.24, 2.45) is 11.3 Å². The van der Waals surface area contributed by atoms with E-state index in [4.69, 9.17) is 0 Å². The Hall–Kier alpha value is -1.17. The molecular weight excluding hydrogens is 335 g/mol. The first-order chi connectivity index (χ1) is 12.6. The van der Waals surface area contributed by atoms with Gasteiger partial charge in [-0.2, -0.15) is 0 Å². The van der Waals surface area contributed by atoms with Crippen LogP contribution in [0, 0.1) is 11.3 Å². The first kappa shape index (κ1) is 18.2. The molecule has 1 N–H and O–H groups in total. The van der Waals surface area contributed by atoms with E-state index in [9.17, 15) is 4.89 Å². The van der Waals surface area contributed by atoms with Gasteiger partial charge in [0.1, 0.15) is 0 Å². The number of hydrogen-bond donors (Lipinski definition) is 1. The van der Waals surface area contributed by atoms with Crippen LogP contribution in [-0.4, -0.2) is 16.7 Å². The SMILES string of the molecule is CCC1(CC)CP(O)(c2ccccc2)(c2ccccc2)C2CCCCC21. The Kier molecular flexibility index (Phi) is 4.53. The second kappa shape index (κ2) is 6.47. The Labute approximate surface area is 158 Å². The van der Waals surface area contributed by atoms with Gasteiger partial charge in [-0.15, -0.1) is 0 Å². The molecule has 2 aliphatic rings. The third-order valence-corrected chi connectivity index (χ3v) is 14.2. The van der Waals surface area contributed by atoms with Crippen LogP contribution < -0.4 is 10.6 Å². The monoisotopic (exact) mass is 368 g/mol. The molecule has 0 bridgehead atoms. The van der Waals surface area contributed by atoms with E-state index in [-0.39, 0.29) is 5.41 Å². The molecule has 0 radical (unpaired) electrons. The van der Waals surface area contributed by atoms with Crippen LogP contribution in [0.2, 0.25) is 0 Å². The van der Waals surface area contributed by atoms with Crippen LogP contribution in [0.4, 0.5) is 0 Å². The topological polar surface area (TPSA) is 20.2 Å². The fourth-order valence-corrected chi connectivity index (χ4v) is 13.9. The van der Waals surface area contributed by atoms with Crippen LogP contribution in [0.15, 0.2) is 60.7 Å². The van der Waals surface area contributed by atoms with Gasteiger partial charge in [0.25, 0.3) is 0 Å². The van der Waals surface area contributed by atoms with Crippen LogP contribution in [0.25, 0.3) is 0 Å². The quantitative estimate of drug-likeness (QED) is 0.709. The van der Waals surface area contributed by atoms with Gasteiger partial charge in [-0.3, -0.25) is 0 Å². The molecule has 2 atom stereocenters. The normalized spacial score (nSPS) is 30.0. The van der Waals surface area contributed by atoms with Crippen molar-refractivity contribution in [3.63, 3.8) is 0 Å². The fourth-order valence-electron chi connectivity index (χ4n) is 6.60. The molecule has 1 heterocycles. The van der Waals surface area contributed by atoms with Crippen LogP contribution in [0.1, 0.15) is 52.4 Å². The summed E-state index contributed by atoms with van der Waals surface area (Å²) in [6.07, 6.45) is 8.43. The van der Waals surface area contributed by atoms with Gasteiger partial charge >= 0.3 is 159 Å². The summed E-state index contributed by atoms with van der Waals surface area (Å²) in [7, 11) is 0. The van der Waals surface area contributed by atoms with E-state index in [1.807, 2.05) is 0 Å².